The van der Waals surface area contributed by atoms with Gasteiger partial charge in [-0.15, -0.1) is 0 Å². The molecule has 0 amide bonds. The summed E-state index contributed by atoms with van der Waals surface area (Å²) in [6.07, 6.45) is 0. The zero-order chi connectivity index (χ0) is 23.4. The van der Waals surface area contributed by atoms with Gasteiger partial charge in [-0.25, -0.2) is 9.97 Å². The Bertz CT molecular complexity index is 2380. The van der Waals surface area contributed by atoms with Gasteiger partial charge < -0.3 is 8.83 Å². The van der Waals surface area contributed by atoms with Crippen LogP contribution in [0.5, 0.6) is 0 Å². The molecule has 0 aliphatic heterocycles. The van der Waals surface area contributed by atoms with Gasteiger partial charge in [0, 0.05) is 37.7 Å². The first-order valence-corrected chi connectivity index (χ1v) is 12.0. The van der Waals surface area contributed by atoms with Crippen LogP contribution in [0.3, 0.4) is 0 Å². The van der Waals surface area contributed by atoms with Gasteiger partial charge in [-0.2, -0.15) is 0 Å². The van der Waals surface area contributed by atoms with Crippen LogP contribution in [0.4, 0.5) is 0 Å². The van der Waals surface area contributed by atoms with Gasteiger partial charge in [-0.3, -0.25) is 0 Å². The van der Waals surface area contributed by atoms with E-state index in [1.807, 2.05) is 30.3 Å². The van der Waals surface area contributed by atoms with Crippen LogP contribution in [0.25, 0.3) is 87.5 Å². The lowest BCUT2D eigenvalue weighted by atomic mass is 10.0. The third-order valence-electron chi connectivity index (χ3n) is 7.42. The van der Waals surface area contributed by atoms with E-state index < -0.39 is 0 Å². The lowest BCUT2D eigenvalue weighted by molar-refractivity contribution is 0.669. The maximum Gasteiger partial charge on any atom is 0.161 e. The highest BCUT2D eigenvalue weighted by Gasteiger charge is 2.15. The molecule has 6 bridgehead atoms. The van der Waals surface area contributed by atoms with E-state index in [1.165, 1.54) is 0 Å². The fraction of sp³-hybridized carbons (Fsp3) is 0. The Hall–Kier alpha value is -4.96. The summed E-state index contributed by atoms with van der Waals surface area (Å²) in [6, 6.07) is 33.4. The van der Waals surface area contributed by atoms with Crippen LogP contribution >= 0.6 is 0 Å². The minimum absolute atomic E-state index is 0.691. The van der Waals surface area contributed by atoms with Crippen molar-refractivity contribution in [1.82, 2.24) is 9.97 Å². The first-order chi connectivity index (χ1) is 17.8. The van der Waals surface area contributed by atoms with Crippen LogP contribution < -0.4 is 0 Å². The third kappa shape index (κ3) is 2.28. The van der Waals surface area contributed by atoms with Crippen molar-refractivity contribution in [2.75, 3.05) is 0 Å². The van der Waals surface area contributed by atoms with E-state index in [0.29, 0.717) is 5.65 Å². The molecule has 0 radical (unpaired) electrons. The summed E-state index contributed by atoms with van der Waals surface area (Å²) in [6.45, 7) is 0. The molecule has 0 N–H and O–H groups in total. The molecule has 5 aromatic carbocycles. The van der Waals surface area contributed by atoms with Gasteiger partial charge in [0.05, 0.1) is 11.0 Å². The first kappa shape index (κ1) is 18.4. The van der Waals surface area contributed by atoms with E-state index in [2.05, 4.69) is 66.7 Å². The maximum absolute atomic E-state index is 6.29. The fourth-order valence-corrected chi connectivity index (χ4v) is 5.81. The second-order valence-corrected chi connectivity index (χ2v) is 9.40. The quantitative estimate of drug-likeness (QED) is 0.227. The van der Waals surface area contributed by atoms with Crippen molar-refractivity contribution >= 4 is 87.5 Å². The van der Waals surface area contributed by atoms with Gasteiger partial charge in [-0.1, -0.05) is 48.5 Å². The van der Waals surface area contributed by atoms with Gasteiger partial charge in [0.25, 0.3) is 0 Å². The Labute approximate surface area is 203 Å². The van der Waals surface area contributed by atoms with Crippen molar-refractivity contribution in [3.8, 4) is 0 Å². The molecular formula is C32H16N2O2. The predicted octanol–water partition coefficient (Wildman–Crippen LogP) is 8.89. The minimum atomic E-state index is 0.691. The van der Waals surface area contributed by atoms with Crippen LogP contribution in [-0.2, 0) is 0 Å². The summed E-state index contributed by atoms with van der Waals surface area (Å²) >= 11 is 0. The molecular weight excluding hydrogens is 444 g/mol. The number of para-hydroxylation sites is 1. The van der Waals surface area contributed by atoms with Gasteiger partial charge in [-0.05, 0) is 59.3 Å². The number of furan rings is 2. The Morgan fingerprint density at radius 2 is 1.08 bits per heavy atom. The average Bonchev–Trinajstić information content (AvgIpc) is 3.49. The van der Waals surface area contributed by atoms with Gasteiger partial charge in [0.15, 0.2) is 5.65 Å². The molecule has 0 saturated carbocycles. The van der Waals surface area contributed by atoms with E-state index in [9.17, 15) is 0 Å². The van der Waals surface area contributed by atoms with Gasteiger partial charge in [0.2, 0.25) is 0 Å². The van der Waals surface area contributed by atoms with Crippen LogP contribution in [0.2, 0.25) is 0 Å². The Morgan fingerprint density at radius 1 is 0.444 bits per heavy atom. The van der Waals surface area contributed by atoms with Crippen molar-refractivity contribution in [1.29, 1.82) is 0 Å². The number of nitrogens with zero attached hydrogens (tertiary/aromatic N) is 2. The monoisotopic (exact) mass is 460 g/mol. The first-order valence-electron chi connectivity index (χ1n) is 12.0. The molecule has 9 rings (SSSR count). The molecule has 0 aliphatic rings. The van der Waals surface area contributed by atoms with Gasteiger partial charge in [0.1, 0.15) is 22.3 Å². The zero-order valence-corrected chi connectivity index (χ0v) is 18.9. The standard InChI is InChI=1S/C32H16N2O2/c1-2-8-24-20(5-1)31-18-12-14-26-23(16-18)29-19(6-3-9-27(29)35-26)17-11-13-25-22(15-17)30-21(32(33-24)34-31)7-4-10-28(30)36-25/h1-16H. The highest BCUT2D eigenvalue weighted by atomic mass is 16.3. The van der Waals surface area contributed by atoms with Crippen molar-refractivity contribution in [2.24, 2.45) is 0 Å². The highest BCUT2D eigenvalue weighted by molar-refractivity contribution is 6.23. The molecule has 0 saturated heterocycles. The third-order valence-corrected chi connectivity index (χ3v) is 7.42. The number of benzene rings is 5. The summed E-state index contributed by atoms with van der Waals surface area (Å²) in [5.74, 6) is 0. The Morgan fingerprint density at radius 3 is 1.89 bits per heavy atom. The molecule has 36 heavy (non-hydrogen) atoms. The maximum atomic E-state index is 6.29. The molecule has 4 aromatic heterocycles. The number of fused-ring (bicyclic) bond motifs is 9. The predicted molar refractivity (Wildman–Crippen MR) is 147 cm³/mol. The summed E-state index contributed by atoms with van der Waals surface area (Å²) in [7, 11) is 0. The van der Waals surface area contributed by atoms with E-state index in [4.69, 9.17) is 18.8 Å². The topological polar surface area (TPSA) is 52.1 Å². The van der Waals surface area contributed by atoms with Crippen molar-refractivity contribution in [3.63, 3.8) is 0 Å². The summed E-state index contributed by atoms with van der Waals surface area (Å²) in [5, 5.41) is 9.57. The molecule has 0 aliphatic carbocycles. The highest BCUT2D eigenvalue weighted by Crippen LogP contribution is 2.39. The Balaban J connectivity index is 1.71. The zero-order valence-electron chi connectivity index (χ0n) is 18.9. The number of aromatic nitrogens is 2. The van der Waals surface area contributed by atoms with Gasteiger partial charge >= 0.3 is 0 Å². The normalized spacial score (nSPS) is 12.4. The number of hydrogen-bond donors (Lipinski definition) is 0. The molecule has 0 spiro atoms. The molecule has 4 nitrogen and oxygen atoms in total. The average molecular weight is 460 g/mol. The second-order valence-electron chi connectivity index (χ2n) is 9.40. The Kier molecular flexibility index (Phi) is 3.25. The van der Waals surface area contributed by atoms with Crippen molar-refractivity contribution < 1.29 is 8.83 Å². The largest absolute Gasteiger partial charge is 0.456 e. The minimum Gasteiger partial charge on any atom is -0.456 e. The van der Waals surface area contributed by atoms with E-state index in [-0.39, 0.29) is 0 Å². The lowest BCUT2D eigenvalue weighted by Crippen LogP contribution is -1.88. The molecule has 0 unspecified atom stereocenters. The van der Waals surface area contributed by atoms with E-state index in [1.54, 1.807) is 0 Å². The number of rotatable bonds is 0. The number of hydrogen-bond acceptors (Lipinski definition) is 4. The van der Waals surface area contributed by atoms with E-state index >= 15 is 0 Å². The SMILES string of the molecule is c1ccc2c(c1)nc1nc2c2ccc3oc4cccc(c5ccc6oc7cccc1c7c6c5)c4c3c2. The molecule has 9 aromatic rings. The van der Waals surface area contributed by atoms with Crippen LogP contribution in [0, 0.1) is 0 Å². The second kappa shape index (κ2) is 6.37. The molecule has 0 atom stereocenters. The summed E-state index contributed by atoms with van der Waals surface area (Å²) in [4.78, 5) is 10.2. The molecule has 4 heterocycles. The van der Waals surface area contributed by atoms with Crippen LogP contribution in [-0.4, -0.2) is 9.97 Å². The summed E-state index contributed by atoms with van der Waals surface area (Å²) in [5.41, 5.74) is 5.93. The molecule has 0 fully saturated rings. The van der Waals surface area contributed by atoms with Crippen LogP contribution in [0.1, 0.15) is 0 Å². The van der Waals surface area contributed by atoms with Crippen LogP contribution in [0.15, 0.2) is 106 Å². The molecule has 4 heteroatoms. The molecule has 166 valence electrons. The lowest BCUT2D eigenvalue weighted by Gasteiger charge is -2.03. The van der Waals surface area contributed by atoms with Crippen molar-refractivity contribution in [3.05, 3.63) is 97.1 Å². The fourth-order valence-electron chi connectivity index (χ4n) is 5.81. The van der Waals surface area contributed by atoms with Crippen molar-refractivity contribution in [2.45, 2.75) is 0 Å². The summed E-state index contributed by atoms with van der Waals surface area (Å²) < 4.78 is 12.6. The smallest absolute Gasteiger partial charge is 0.161 e. The van der Waals surface area contributed by atoms with E-state index in [0.717, 1.165) is 81.8 Å².